The van der Waals surface area contributed by atoms with E-state index in [4.69, 9.17) is 0 Å². The molecule has 3 rings (SSSR count). The van der Waals surface area contributed by atoms with Crippen LogP contribution in [0.25, 0.3) is 23.2 Å². The Hall–Kier alpha value is -3.16. The van der Waals surface area contributed by atoms with Gasteiger partial charge in [0.1, 0.15) is 0 Å². The van der Waals surface area contributed by atoms with Gasteiger partial charge in [-0.15, -0.1) is 0 Å². The van der Waals surface area contributed by atoms with Gasteiger partial charge in [0, 0.05) is 28.2 Å². The first-order valence-electron chi connectivity index (χ1n) is 7.74. The molecule has 3 aromatic heterocycles. The lowest BCUT2D eigenvalue weighted by Gasteiger charge is -2.11. The average molecular weight is 340 g/mol. The van der Waals surface area contributed by atoms with E-state index >= 15 is 0 Å². The minimum Gasteiger partial charge on any atom is -0.478 e. The molecular formula is C17H20N6O2. The van der Waals surface area contributed by atoms with E-state index < -0.39 is 5.97 Å². The Morgan fingerprint density at radius 2 is 2.00 bits per heavy atom. The molecule has 8 nitrogen and oxygen atoms in total. The normalized spacial score (nSPS) is 11.6. The van der Waals surface area contributed by atoms with Crippen molar-refractivity contribution in [3.63, 3.8) is 0 Å². The maximum Gasteiger partial charge on any atom is 0.336 e. The number of carboxylic acid groups (broad SMARTS) is 1. The molecule has 25 heavy (non-hydrogen) atoms. The number of carboxylic acids is 1. The van der Waals surface area contributed by atoms with E-state index in [0.29, 0.717) is 22.4 Å². The second-order valence-corrected chi connectivity index (χ2v) is 6.08. The third kappa shape index (κ3) is 2.86. The van der Waals surface area contributed by atoms with E-state index in [-0.39, 0.29) is 5.56 Å². The Morgan fingerprint density at radius 1 is 1.28 bits per heavy atom. The van der Waals surface area contributed by atoms with E-state index in [1.54, 1.807) is 37.0 Å². The van der Waals surface area contributed by atoms with Crippen LogP contribution < -0.4 is 4.90 Å². The predicted octanol–water partition coefficient (Wildman–Crippen LogP) is 1.94. The molecule has 0 amide bonds. The average Bonchev–Trinajstić information content (AvgIpc) is 3.05. The van der Waals surface area contributed by atoms with Crippen LogP contribution in [0, 0.1) is 6.92 Å². The summed E-state index contributed by atoms with van der Waals surface area (Å²) in [5, 5.41) is 14.4. The standard InChI is InChI=1S/C17H20N6O2/c1-10-14-13(16(24)25)8-11(19-15(14)23(5)20-10)6-7-12-9-18-17(21(2)3)22(12)4/h6-9H,1-5H3,(H,24,25)/b7-6+. The first-order chi connectivity index (χ1) is 11.8. The number of nitrogens with zero attached hydrogens (tertiary/aromatic N) is 6. The smallest absolute Gasteiger partial charge is 0.336 e. The van der Waals surface area contributed by atoms with E-state index in [9.17, 15) is 9.90 Å². The first-order valence-corrected chi connectivity index (χ1v) is 7.74. The zero-order valence-corrected chi connectivity index (χ0v) is 14.8. The van der Waals surface area contributed by atoms with Crippen molar-refractivity contribution in [2.45, 2.75) is 6.92 Å². The SMILES string of the molecule is Cc1nn(C)c2nc(/C=C/c3cnc(N(C)C)n3C)cc(C(=O)O)c12. The van der Waals surface area contributed by atoms with Crippen molar-refractivity contribution < 1.29 is 9.90 Å². The summed E-state index contributed by atoms with van der Waals surface area (Å²) in [5.74, 6) is -0.162. The van der Waals surface area contributed by atoms with Gasteiger partial charge < -0.3 is 14.6 Å². The maximum absolute atomic E-state index is 11.6. The zero-order valence-electron chi connectivity index (χ0n) is 14.8. The summed E-state index contributed by atoms with van der Waals surface area (Å²) in [6.07, 6.45) is 5.41. The molecule has 0 aromatic carbocycles. The van der Waals surface area contributed by atoms with Crippen molar-refractivity contribution in [3.05, 3.63) is 34.9 Å². The van der Waals surface area contributed by atoms with Crippen LogP contribution in [0.3, 0.4) is 0 Å². The molecule has 3 heterocycles. The number of carbonyl (C=O) groups is 1. The van der Waals surface area contributed by atoms with Gasteiger partial charge in [0.05, 0.1) is 34.2 Å². The van der Waals surface area contributed by atoms with E-state index in [2.05, 4.69) is 15.1 Å². The number of fused-ring (bicyclic) bond motifs is 1. The van der Waals surface area contributed by atoms with Gasteiger partial charge in [-0.25, -0.2) is 14.8 Å². The van der Waals surface area contributed by atoms with Crippen LogP contribution in [0.1, 0.15) is 27.4 Å². The van der Waals surface area contributed by atoms with Crippen LogP contribution in [-0.4, -0.2) is 49.5 Å². The van der Waals surface area contributed by atoms with Gasteiger partial charge >= 0.3 is 5.97 Å². The third-order valence-electron chi connectivity index (χ3n) is 4.04. The van der Waals surface area contributed by atoms with Crippen molar-refractivity contribution in [2.75, 3.05) is 19.0 Å². The monoisotopic (exact) mass is 340 g/mol. The maximum atomic E-state index is 11.6. The largest absolute Gasteiger partial charge is 0.478 e. The van der Waals surface area contributed by atoms with Gasteiger partial charge in [0.15, 0.2) is 5.65 Å². The van der Waals surface area contributed by atoms with Gasteiger partial charge in [0.2, 0.25) is 5.95 Å². The summed E-state index contributed by atoms with van der Waals surface area (Å²) in [6, 6.07) is 1.57. The molecule has 0 spiro atoms. The van der Waals surface area contributed by atoms with Crippen LogP contribution in [0.2, 0.25) is 0 Å². The lowest BCUT2D eigenvalue weighted by molar-refractivity contribution is 0.0699. The minimum absolute atomic E-state index is 0.203. The summed E-state index contributed by atoms with van der Waals surface area (Å²) in [6.45, 7) is 1.78. The molecule has 0 aliphatic heterocycles. The van der Waals surface area contributed by atoms with Crippen LogP contribution in [-0.2, 0) is 14.1 Å². The number of hydrogen-bond acceptors (Lipinski definition) is 5. The molecule has 0 unspecified atom stereocenters. The van der Waals surface area contributed by atoms with Gasteiger partial charge in [-0.1, -0.05) is 0 Å². The second-order valence-electron chi connectivity index (χ2n) is 6.08. The second kappa shape index (κ2) is 6.04. The molecule has 0 aliphatic rings. The number of aromatic carboxylic acids is 1. The summed E-state index contributed by atoms with van der Waals surface area (Å²) in [5.41, 5.74) is 2.86. The highest BCUT2D eigenvalue weighted by Gasteiger charge is 2.17. The summed E-state index contributed by atoms with van der Waals surface area (Å²) >= 11 is 0. The zero-order chi connectivity index (χ0) is 18.3. The highest BCUT2D eigenvalue weighted by molar-refractivity contribution is 6.03. The minimum atomic E-state index is -0.992. The molecule has 0 fully saturated rings. The topological polar surface area (TPSA) is 89.1 Å². The fraction of sp³-hybridized carbons (Fsp3) is 0.294. The fourth-order valence-corrected chi connectivity index (χ4v) is 2.87. The first kappa shape index (κ1) is 16.7. The molecule has 0 saturated heterocycles. The van der Waals surface area contributed by atoms with E-state index in [1.807, 2.05) is 36.7 Å². The molecule has 0 atom stereocenters. The highest BCUT2D eigenvalue weighted by atomic mass is 16.4. The molecule has 130 valence electrons. The van der Waals surface area contributed by atoms with Gasteiger partial charge in [-0.3, -0.25) is 4.68 Å². The Labute approximate surface area is 145 Å². The Balaban J connectivity index is 2.08. The van der Waals surface area contributed by atoms with Crippen molar-refractivity contribution >= 4 is 35.1 Å². The number of pyridine rings is 1. The number of aromatic nitrogens is 5. The number of hydrogen-bond donors (Lipinski definition) is 1. The lowest BCUT2D eigenvalue weighted by Crippen LogP contribution is -2.14. The van der Waals surface area contributed by atoms with Gasteiger partial charge in [0.25, 0.3) is 0 Å². The third-order valence-corrected chi connectivity index (χ3v) is 4.04. The molecule has 0 bridgehead atoms. The van der Waals surface area contributed by atoms with Crippen LogP contribution in [0.4, 0.5) is 5.95 Å². The van der Waals surface area contributed by atoms with Crippen molar-refractivity contribution in [3.8, 4) is 0 Å². The molecule has 0 radical (unpaired) electrons. The van der Waals surface area contributed by atoms with Crippen molar-refractivity contribution in [2.24, 2.45) is 14.1 Å². The molecule has 0 saturated carbocycles. The molecule has 8 heteroatoms. The number of rotatable bonds is 4. The van der Waals surface area contributed by atoms with E-state index in [0.717, 1.165) is 11.6 Å². The van der Waals surface area contributed by atoms with E-state index in [1.165, 1.54) is 0 Å². The van der Waals surface area contributed by atoms with Crippen molar-refractivity contribution in [1.82, 2.24) is 24.3 Å². The number of aryl methyl sites for hydroxylation is 2. The molecule has 1 N–H and O–H groups in total. The summed E-state index contributed by atoms with van der Waals surface area (Å²) < 4.78 is 3.55. The lowest BCUT2D eigenvalue weighted by atomic mass is 10.1. The Morgan fingerprint density at radius 3 is 2.60 bits per heavy atom. The van der Waals surface area contributed by atoms with Gasteiger partial charge in [-0.05, 0) is 25.1 Å². The molecule has 3 aromatic rings. The van der Waals surface area contributed by atoms with Crippen molar-refractivity contribution in [1.29, 1.82) is 0 Å². The van der Waals surface area contributed by atoms with Crippen LogP contribution in [0.15, 0.2) is 12.3 Å². The molecule has 0 aliphatic carbocycles. The van der Waals surface area contributed by atoms with Crippen LogP contribution in [0.5, 0.6) is 0 Å². The predicted molar refractivity (Wildman–Crippen MR) is 96.7 cm³/mol. The summed E-state index contributed by atoms with van der Waals surface area (Å²) in [4.78, 5) is 22.4. The quantitative estimate of drug-likeness (QED) is 0.781. The molecular weight excluding hydrogens is 320 g/mol. The van der Waals surface area contributed by atoms with Gasteiger partial charge in [-0.2, -0.15) is 5.10 Å². The Bertz CT molecular complexity index is 996. The fourth-order valence-electron chi connectivity index (χ4n) is 2.87. The summed E-state index contributed by atoms with van der Waals surface area (Å²) in [7, 11) is 7.53. The highest BCUT2D eigenvalue weighted by Crippen LogP contribution is 2.23. The Kier molecular flexibility index (Phi) is 4.03. The number of anilines is 1. The van der Waals surface area contributed by atoms with Crippen LogP contribution >= 0.6 is 0 Å². The number of imidazole rings is 1.